The van der Waals surface area contributed by atoms with Gasteiger partial charge in [0.2, 0.25) is 0 Å². The molecule has 0 bridgehead atoms. The predicted octanol–water partition coefficient (Wildman–Crippen LogP) is 0.370. The summed E-state index contributed by atoms with van der Waals surface area (Å²) < 4.78 is 12.1. The minimum atomic E-state index is -1.43. The summed E-state index contributed by atoms with van der Waals surface area (Å²) in [6, 6.07) is 0. The van der Waals surface area contributed by atoms with Crippen LogP contribution in [0.3, 0.4) is 0 Å². The van der Waals surface area contributed by atoms with Crippen LogP contribution in [0.1, 0.15) is 51.9 Å². The van der Waals surface area contributed by atoms with Crippen molar-refractivity contribution in [2.45, 2.75) is 75.5 Å². The molecule has 8 atom stereocenters. The molecule has 158 valence electrons. The van der Waals surface area contributed by atoms with Crippen molar-refractivity contribution < 1.29 is 34.7 Å². The Kier molecular flexibility index (Phi) is 4.15. The van der Waals surface area contributed by atoms with Gasteiger partial charge in [0, 0.05) is 37.0 Å². The Morgan fingerprint density at radius 1 is 1.14 bits per heavy atom. The zero-order valence-corrected chi connectivity index (χ0v) is 16.5. The Labute approximate surface area is 165 Å². The molecule has 0 aromatic carbocycles. The molecule has 7 nitrogen and oxygen atoms in total. The number of aliphatic hydroxyl groups excluding tert-OH is 3. The lowest BCUT2D eigenvalue weighted by Gasteiger charge is -2.64. The molecule has 4 aliphatic carbocycles. The standard InChI is InChI=1S/C21H32O7/c1-18-10-15(24)17-13(14(18)3-5-21(18)27-6-7-28-21)2-4-19(26)9-12(23)8-16(25)20(17,19)11-22/h12-14,16-17,22-23,25-26H,2-11H2,1H3/t12-,13+,14+,16-,17-,18+,19+,20-/m1/s1. The minimum Gasteiger partial charge on any atom is -0.396 e. The molecule has 5 rings (SSSR count). The fraction of sp³-hybridized carbons (Fsp3) is 0.952. The van der Waals surface area contributed by atoms with Crippen LogP contribution in [0, 0.1) is 28.6 Å². The highest BCUT2D eigenvalue weighted by Crippen LogP contribution is 2.69. The van der Waals surface area contributed by atoms with Crippen LogP contribution in [0.5, 0.6) is 0 Å². The molecule has 1 aliphatic heterocycles. The van der Waals surface area contributed by atoms with Crippen LogP contribution in [-0.2, 0) is 14.3 Å². The second-order valence-corrected chi connectivity index (χ2v) is 10.2. The van der Waals surface area contributed by atoms with E-state index < -0.39 is 47.0 Å². The van der Waals surface area contributed by atoms with E-state index in [9.17, 15) is 25.2 Å². The number of ketones is 1. The first-order valence-electron chi connectivity index (χ1n) is 10.7. The quantitative estimate of drug-likeness (QED) is 0.506. The van der Waals surface area contributed by atoms with E-state index in [1.807, 2.05) is 0 Å². The van der Waals surface area contributed by atoms with Crippen LogP contribution < -0.4 is 0 Å². The van der Waals surface area contributed by atoms with Gasteiger partial charge in [0.25, 0.3) is 0 Å². The number of aliphatic hydroxyl groups is 4. The zero-order valence-electron chi connectivity index (χ0n) is 16.5. The lowest BCUT2D eigenvalue weighted by atomic mass is 9.42. The maximum Gasteiger partial charge on any atom is 0.174 e. The Hall–Kier alpha value is -0.570. The fourth-order valence-electron chi connectivity index (χ4n) is 8.12. The summed E-state index contributed by atoms with van der Waals surface area (Å²) in [4.78, 5) is 13.6. The van der Waals surface area contributed by atoms with Gasteiger partial charge in [-0.2, -0.15) is 0 Å². The second-order valence-electron chi connectivity index (χ2n) is 10.2. The Morgan fingerprint density at radius 3 is 2.54 bits per heavy atom. The van der Waals surface area contributed by atoms with Crippen LogP contribution in [0.15, 0.2) is 0 Å². The van der Waals surface area contributed by atoms with Crippen molar-refractivity contribution in [1.82, 2.24) is 0 Å². The minimum absolute atomic E-state index is 0.0215. The first kappa shape index (κ1) is 19.4. The first-order chi connectivity index (χ1) is 13.2. The third-order valence-corrected chi connectivity index (χ3v) is 9.30. The molecule has 1 spiro atoms. The van der Waals surface area contributed by atoms with Gasteiger partial charge < -0.3 is 29.9 Å². The monoisotopic (exact) mass is 396 g/mol. The molecular weight excluding hydrogens is 364 g/mol. The Balaban J connectivity index is 1.58. The summed E-state index contributed by atoms with van der Waals surface area (Å²) >= 11 is 0. The SMILES string of the molecule is C[C@]12CC(=O)[C@H]3[C@@H](CC[C@]4(O)C[C@H](O)C[C@@H](O)[C@]34CO)[C@@H]1CCC21OCCO1. The molecule has 0 aromatic heterocycles. The smallest absolute Gasteiger partial charge is 0.174 e. The van der Waals surface area contributed by atoms with Gasteiger partial charge in [-0.05, 0) is 31.1 Å². The van der Waals surface area contributed by atoms with Gasteiger partial charge in [-0.25, -0.2) is 0 Å². The number of carbonyl (C=O) groups is 1. The van der Waals surface area contributed by atoms with E-state index >= 15 is 0 Å². The van der Waals surface area contributed by atoms with Gasteiger partial charge in [-0.15, -0.1) is 0 Å². The molecular formula is C21H32O7. The number of hydrogen-bond donors (Lipinski definition) is 4. The molecule has 28 heavy (non-hydrogen) atoms. The number of rotatable bonds is 1. The third kappa shape index (κ3) is 2.08. The highest BCUT2D eigenvalue weighted by Gasteiger charge is 2.74. The normalized spacial score (nSPS) is 55.0. The van der Waals surface area contributed by atoms with E-state index in [0.717, 1.165) is 12.8 Å². The van der Waals surface area contributed by atoms with Crippen molar-refractivity contribution in [2.24, 2.45) is 28.6 Å². The third-order valence-electron chi connectivity index (χ3n) is 9.30. The van der Waals surface area contributed by atoms with Crippen LogP contribution >= 0.6 is 0 Å². The van der Waals surface area contributed by atoms with Crippen molar-refractivity contribution in [3.05, 3.63) is 0 Å². The molecule has 0 aromatic rings. The van der Waals surface area contributed by atoms with Crippen molar-refractivity contribution in [3.63, 3.8) is 0 Å². The lowest BCUT2D eigenvalue weighted by Crippen LogP contribution is -2.72. The van der Waals surface area contributed by atoms with E-state index in [1.165, 1.54) is 0 Å². The number of Topliss-reactive ketones (excluding diaryl/α,β-unsaturated/α-hetero) is 1. The molecule has 4 saturated carbocycles. The Morgan fingerprint density at radius 2 is 1.86 bits per heavy atom. The van der Waals surface area contributed by atoms with Crippen LogP contribution in [0.25, 0.3) is 0 Å². The summed E-state index contributed by atoms with van der Waals surface area (Å²) in [5.41, 5.74) is -3.16. The molecule has 7 heteroatoms. The van der Waals surface area contributed by atoms with Gasteiger partial charge in [0.05, 0.1) is 43.0 Å². The molecule has 1 heterocycles. The van der Waals surface area contributed by atoms with Crippen molar-refractivity contribution in [1.29, 1.82) is 0 Å². The molecule has 0 radical (unpaired) electrons. The van der Waals surface area contributed by atoms with Crippen LogP contribution in [0.2, 0.25) is 0 Å². The van der Waals surface area contributed by atoms with E-state index in [0.29, 0.717) is 26.1 Å². The maximum absolute atomic E-state index is 13.6. The molecule has 1 saturated heterocycles. The van der Waals surface area contributed by atoms with Crippen LogP contribution in [-0.4, -0.2) is 69.6 Å². The highest BCUT2D eigenvalue weighted by atomic mass is 16.7. The van der Waals surface area contributed by atoms with Crippen LogP contribution in [0.4, 0.5) is 0 Å². The van der Waals surface area contributed by atoms with Gasteiger partial charge in [0.1, 0.15) is 5.78 Å². The largest absolute Gasteiger partial charge is 0.396 e. The van der Waals surface area contributed by atoms with Gasteiger partial charge in [-0.1, -0.05) is 6.92 Å². The number of hydrogen-bond acceptors (Lipinski definition) is 7. The maximum atomic E-state index is 13.6. The Bertz CT molecular complexity index is 676. The van der Waals surface area contributed by atoms with E-state index in [-0.39, 0.29) is 36.9 Å². The second kappa shape index (κ2) is 5.99. The molecule has 4 N–H and O–H groups in total. The van der Waals surface area contributed by atoms with E-state index in [2.05, 4.69) is 6.92 Å². The zero-order chi connectivity index (χ0) is 19.9. The number of carbonyl (C=O) groups excluding carboxylic acids is 1. The van der Waals surface area contributed by atoms with Crippen molar-refractivity contribution >= 4 is 5.78 Å². The summed E-state index contributed by atoms with van der Waals surface area (Å²) in [6.45, 7) is 2.73. The number of fused-ring (bicyclic) bond motifs is 6. The molecule has 5 fully saturated rings. The summed E-state index contributed by atoms with van der Waals surface area (Å²) in [6.07, 6.45) is 1.16. The van der Waals surface area contributed by atoms with Crippen molar-refractivity contribution in [3.8, 4) is 0 Å². The lowest BCUT2D eigenvalue weighted by molar-refractivity contribution is -0.282. The van der Waals surface area contributed by atoms with E-state index in [1.54, 1.807) is 0 Å². The average molecular weight is 396 g/mol. The highest BCUT2D eigenvalue weighted by molar-refractivity contribution is 5.85. The van der Waals surface area contributed by atoms with E-state index in [4.69, 9.17) is 9.47 Å². The molecule has 0 unspecified atom stereocenters. The molecule has 0 amide bonds. The predicted molar refractivity (Wildman–Crippen MR) is 97.0 cm³/mol. The van der Waals surface area contributed by atoms with Gasteiger partial charge in [-0.3, -0.25) is 4.79 Å². The number of ether oxygens (including phenoxy) is 2. The van der Waals surface area contributed by atoms with Gasteiger partial charge >= 0.3 is 0 Å². The fourth-order valence-corrected chi connectivity index (χ4v) is 8.12. The topological polar surface area (TPSA) is 116 Å². The summed E-state index contributed by atoms with van der Waals surface area (Å²) in [7, 11) is 0. The molecule has 5 aliphatic rings. The summed E-state index contributed by atoms with van der Waals surface area (Å²) in [5.74, 6) is -1.18. The average Bonchev–Trinajstić information content (AvgIpc) is 3.21. The summed E-state index contributed by atoms with van der Waals surface area (Å²) in [5, 5.41) is 43.1. The van der Waals surface area contributed by atoms with Crippen molar-refractivity contribution in [2.75, 3.05) is 19.8 Å². The first-order valence-corrected chi connectivity index (χ1v) is 10.7. The van der Waals surface area contributed by atoms with Gasteiger partial charge in [0.15, 0.2) is 5.79 Å².